The lowest BCUT2D eigenvalue weighted by molar-refractivity contribution is -1.13. The van der Waals surface area contributed by atoms with Gasteiger partial charge in [0.15, 0.2) is 0 Å². The summed E-state index contributed by atoms with van der Waals surface area (Å²) in [4.78, 5) is 0.157. The molecule has 0 saturated carbocycles. The van der Waals surface area contributed by atoms with Crippen LogP contribution in [0.2, 0.25) is 0 Å². The van der Waals surface area contributed by atoms with E-state index in [1.807, 2.05) is 32.9 Å². The number of quaternary nitrogens is 1. The Morgan fingerprint density at radius 1 is 1.22 bits per heavy atom. The number of aryl methyl sites for hydroxylation is 3. The maximum Gasteiger partial charge on any atom is 0.345 e. The lowest BCUT2D eigenvalue weighted by atomic mass is 10.1. The minimum atomic E-state index is -4.05. The second kappa shape index (κ2) is 6.12. The van der Waals surface area contributed by atoms with Crippen molar-refractivity contribution >= 4 is 10.1 Å². The lowest BCUT2D eigenvalue weighted by Crippen LogP contribution is -2.77. The molecule has 1 aromatic rings. The SMILES string of the molecule is Cc1cc(C)c(S(=O)(=O)O[N+]2(N)C(C)CC(C)NC2N)c(C)c1. The van der Waals surface area contributed by atoms with Gasteiger partial charge in [0.25, 0.3) is 0 Å². The number of hydrogen-bond acceptors (Lipinski definition) is 6. The van der Waals surface area contributed by atoms with Crippen LogP contribution in [0.25, 0.3) is 0 Å². The normalized spacial score (nSPS) is 32.0. The second-order valence-corrected chi connectivity index (χ2v) is 8.08. The zero-order valence-electron chi connectivity index (χ0n) is 14.3. The van der Waals surface area contributed by atoms with E-state index in [0.29, 0.717) is 17.5 Å². The summed E-state index contributed by atoms with van der Waals surface area (Å²) in [5, 5.41) is 3.05. The van der Waals surface area contributed by atoms with Crippen LogP contribution in [-0.4, -0.2) is 31.5 Å². The van der Waals surface area contributed by atoms with Crippen LogP contribution in [0.1, 0.15) is 37.0 Å². The van der Waals surface area contributed by atoms with Gasteiger partial charge in [0, 0.05) is 12.5 Å². The number of nitrogens with one attached hydrogen (secondary N) is 1. The quantitative estimate of drug-likeness (QED) is 0.557. The summed E-state index contributed by atoms with van der Waals surface area (Å²) < 4.78 is 30.4. The van der Waals surface area contributed by atoms with E-state index >= 15 is 0 Å². The van der Waals surface area contributed by atoms with Gasteiger partial charge in [-0.3, -0.25) is 5.73 Å². The Morgan fingerprint density at radius 3 is 2.22 bits per heavy atom. The smallest absolute Gasteiger partial charge is 0.264 e. The first kappa shape index (κ1) is 18.3. The van der Waals surface area contributed by atoms with Gasteiger partial charge in [-0.05, 0) is 50.0 Å². The first-order chi connectivity index (χ1) is 10.5. The molecule has 5 N–H and O–H groups in total. The highest BCUT2D eigenvalue weighted by Gasteiger charge is 2.49. The third-order valence-corrected chi connectivity index (χ3v) is 5.95. The molecule has 0 spiro atoms. The predicted octanol–water partition coefficient (Wildman–Crippen LogP) is 0.935. The maximum atomic E-state index is 12.8. The van der Waals surface area contributed by atoms with E-state index < -0.39 is 21.2 Å². The van der Waals surface area contributed by atoms with Crippen molar-refractivity contribution < 1.29 is 17.5 Å². The summed E-state index contributed by atoms with van der Waals surface area (Å²) in [7, 11) is -4.05. The number of benzene rings is 1. The Morgan fingerprint density at radius 2 is 1.74 bits per heavy atom. The van der Waals surface area contributed by atoms with E-state index in [2.05, 4.69) is 5.32 Å². The highest BCUT2D eigenvalue weighted by molar-refractivity contribution is 7.86. The number of nitrogens with zero attached hydrogens (tertiary/aromatic N) is 1. The minimum Gasteiger partial charge on any atom is -0.264 e. The van der Waals surface area contributed by atoms with Crippen molar-refractivity contribution in [3.05, 3.63) is 28.8 Å². The molecule has 8 heteroatoms. The predicted molar refractivity (Wildman–Crippen MR) is 88.0 cm³/mol. The third-order valence-electron chi connectivity index (χ3n) is 4.36. The van der Waals surface area contributed by atoms with Crippen molar-refractivity contribution in [3.8, 4) is 0 Å². The van der Waals surface area contributed by atoms with Crippen LogP contribution in [0.15, 0.2) is 17.0 Å². The number of hydroxylamine groups is 2. The van der Waals surface area contributed by atoms with E-state index in [1.54, 1.807) is 13.8 Å². The van der Waals surface area contributed by atoms with E-state index in [-0.39, 0.29) is 17.0 Å². The zero-order chi connectivity index (χ0) is 17.6. The molecule has 1 heterocycles. The molecule has 0 bridgehead atoms. The summed E-state index contributed by atoms with van der Waals surface area (Å²) in [6.45, 7) is 9.22. The number of rotatable bonds is 3. The highest BCUT2D eigenvalue weighted by atomic mass is 32.2. The fourth-order valence-electron chi connectivity index (χ4n) is 3.31. The average molecular weight is 343 g/mol. The molecule has 2 rings (SSSR count). The molecule has 4 unspecified atom stereocenters. The van der Waals surface area contributed by atoms with Crippen molar-refractivity contribution in [1.29, 1.82) is 0 Å². The van der Waals surface area contributed by atoms with E-state index in [0.717, 1.165) is 5.56 Å². The van der Waals surface area contributed by atoms with Gasteiger partial charge >= 0.3 is 10.1 Å². The van der Waals surface area contributed by atoms with Crippen LogP contribution in [0.3, 0.4) is 0 Å². The van der Waals surface area contributed by atoms with Gasteiger partial charge in [-0.1, -0.05) is 22.5 Å². The molecular formula is C15H27N4O3S+. The van der Waals surface area contributed by atoms with Crippen LogP contribution in [-0.2, 0) is 14.4 Å². The maximum absolute atomic E-state index is 12.8. The zero-order valence-corrected chi connectivity index (χ0v) is 15.1. The third kappa shape index (κ3) is 3.42. The molecule has 1 aliphatic rings. The molecule has 130 valence electrons. The Bertz CT molecular complexity index is 670. The largest absolute Gasteiger partial charge is 0.345 e. The summed E-state index contributed by atoms with van der Waals surface area (Å²) in [6.07, 6.45) is -0.166. The van der Waals surface area contributed by atoms with Gasteiger partial charge in [0.2, 0.25) is 6.29 Å². The summed E-state index contributed by atoms with van der Waals surface area (Å²) in [5.74, 6) is 6.21. The van der Waals surface area contributed by atoms with Crippen LogP contribution >= 0.6 is 0 Å². The Balaban J connectivity index is 2.42. The van der Waals surface area contributed by atoms with E-state index in [4.69, 9.17) is 15.9 Å². The topological polar surface area (TPSA) is 107 Å². The van der Waals surface area contributed by atoms with Crippen LogP contribution in [0.5, 0.6) is 0 Å². The monoisotopic (exact) mass is 343 g/mol. The Hall–Kier alpha value is -1.03. The Labute approximate surface area is 138 Å². The van der Waals surface area contributed by atoms with Crippen molar-refractivity contribution in [2.45, 2.75) is 64.3 Å². The van der Waals surface area contributed by atoms with Crippen LogP contribution < -0.4 is 16.9 Å². The molecule has 0 aromatic heterocycles. The molecule has 0 amide bonds. The molecule has 1 fully saturated rings. The molecule has 0 radical (unpaired) electrons. The summed E-state index contributed by atoms with van der Waals surface area (Å²) in [6, 6.07) is 3.50. The highest BCUT2D eigenvalue weighted by Crippen LogP contribution is 2.29. The van der Waals surface area contributed by atoms with Crippen molar-refractivity contribution in [1.82, 2.24) is 5.32 Å². The molecule has 1 saturated heterocycles. The fraction of sp³-hybridized carbons (Fsp3) is 0.600. The Kier molecular flexibility index (Phi) is 4.87. The molecule has 23 heavy (non-hydrogen) atoms. The first-order valence-electron chi connectivity index (χ1n) is 7.70. The van der Waals surface area contributed by atoms with Crippen LogP contribution in [0, 0.1) is 20.8 Å². The van der Waals surface area contributed by atoms with Gasteiger partial charge in [-0.2, -0.15) is 8.42 Å². The van der Waals surface area contributed by atoms with Gasteiger partial charge in [-0.15, -0.1) is 5.84 Å². The van der Waals surface area contributed by atoms with Gasteiger partial charge in [0.1, 0.15) is 10.9 Å². The van der Waals surface area contributed by atoms with Gasteiger partial charge in [0.05, 0.1) is 0 Å². The summed E-state index contributed by atoms with van der Waals surface area (Å²) >= 11 is 0. The first-order valence-corrected chi connectivity index (χ1v) is 9.11. The molecule has 7 nitrogen and oxygen atoms in total. The lowest BCUT2D eigenvalue weighted by Gasteiger charge is -2.43. The molecule has 4 atom stereocenters. The molecular weight excluding hydrogens is 316 g/mol. The van der Waals surface area contributed by atoms with Gasteiger partial charge in [-0.25, -0.2) is 5.32 Å². The van der Waals surface area contributed by atoms with E-state index in [1.165, 1.54) is 0 Å². The summed E-state index contributed by atoms with van der Waals surface area (Å²) in [5.41, 5.74) is 8.29. The number of nitrogens with two attached hydrogens (primary N) is 2. The fourth-order valence-corrected chi connectivity index (χ4v) is 4.88. The van der Waals surface area contributed by atoms with Crippen molar-refractivity contribution in [3.63, 3.8) is 0 Å². The van der Waals surface area contributed by atoms with Gasteiger partial charge < -0.3 is 0 Å². The van der Waals surface area contributed by atoms with Crippen LogP contribution in [0.4, 0.5) is 0 Å². The average Bonchev–Trinajstić information content (AvgIpc) is 2.33. The molecule has 1 aromatic carbocycles. The molecule has 1 aliphatic heterocycles. The molecule has 0 aliphatic carbocycles. The van der Waals surface area contributed by atoms with Crippen molar-refractivity contribution in [2.24, 2.45) is 11.6 Å². The second-order valence-electron chi connectivity index (χ2n) is 6.62. The standard InChI is InChI=1S/C15H27N4O3S/c1-9-6-10(2)14(11(3)7-9)23(20,21)22-19(17)13(5)8-12(4)18-15(19)16/h6-7,12-13,15,18H,8,16-17H2,1-5H3/q+1. The number of hydrogen-bond donors (Lipinski definition) is 3. The van der Waals surface area contributed by atoms with E-state index in [9.17, 15) is 8.42 Å². The minimum absolute atomic E-state index is 0.143. The van der Waals surface area contributed by atoms with Crippen molar-refractivity contribution in [2.75, 3.05) is 0 Å².